The highest BCUT2D eigenvalue weighted by Crippen LogP contribution is 2.35. The summed E-state index contributed by atoms with van der Waals surface area (Å²) in [6.45, 7) is 0. The molecule has 0 bridgehead atoms. The van der Waals surface area contributed by atoms with E-state index in [1.54, 1.807) is 26.4 Å². The highest BCUT2D eigenvalue weighted by molar-refractivity contribution is 5.87. The van der Waals surface area contributed by atoms with Crippen LogP contribution < -0.4 is 15.2 Å². The van der Waals surface area contributed by atoms with Gasteiger partial charge in [0.15, 0.2) is 5.58 Å². The number of methoxy groups -OCH3 is 2. The van der Waals surface area contributed by atoms with E-state index < -0.39 is 0 Å². The van der Waals surface area contributed by atoms with E-state index in [0.29, 0.717) is 34.2 Å². The van der Waals surface area contributed by atoms with Crippen molar-refractivity contribution in [2.45, 2.75) is 0 Å². The first kappa shape index (κ1) is 12.3. The maximum Gasteiger partial charge on any atom is 0.231 e. The second-order valence-corrected chi connectivity index (χ2v) is 4.28. The number of para-hydroxylation sites is 1. The Morgan fingerprint density at radius 2 is 1.95 bits per heavy atom. The fourth-order valence-electron chi connectivity index (χ4n) is 2.06. The molecular weight excluding hydrogens is 256 g/mol. The van der Waals surface area contributed by atoms with Gasteiger partial charge in [0, 0.05) is 6.07 Å². The molecule has 2 N–H and O–H groups in total. The fourth-order valence-corrected chi connectivity index (χ4v) is 2.06. The molecule has 0 aliphatic carbocycles. The molecule has 1 heterocycles. The van der Waals surface area contributed by atoms with Gasteiger partial charge in [-0.15, -0.1) is 0 Å². The Bertz CT molecular complexity index is 765. The van der Waals surface area contributed by atoms with Crippen molar-refractivity contribution < 1.29 is 13.9 Å². The van der Waals surface area contributed by atoms with Crippen molar-refractivity contribution in [3.63, 3.8) is 0 Å². The van der Waals surface area contributed by atoms with E-state index in [9.17, 15) is 0 Å². The van der Waals surface area contributed by atoms with Crippen LogP contribution in [0, 0.1) is 0 Å². The molecule has 0 amide bonds. The lowest BCUT2D eigenvalue weighted by Gasteiger charge is -2.07. The van der Waals surface area contributed by atoms with Gasteiger partial charge in [-0.25, -0.2) is 4.98 Å². The van der Waals surface area contributed by atoms with E-state index in [-0.39, 0.29) is 0 Å². The molecule has 0 fully saturated rings. The summed E-state index contributed by atoms with van der Waals surface area (Å²) in [6.07, 6.45) is 0. The number of nitrogens with two attached hydrogens (primary N) is 1. The molecule has 102 valence electrons. The van der Waals surface area contributed by atoms with Crippen LogP contribution >= 0.6 is 0 Å². The van der Waals surface area contributed by atoms with E-state index in [0.717, 1.165) is 5.56 Å². The molecule has 0 aliphatic heterocycles. The number of rotatable bonds is 3. The number of hydrogen-bond donors (Lipinski definition) is 1. The van der Waals surface area contributed by atoms with Crippen LogP contribution in [0.3, 0.4) is 0 Å². The number of anilines is 1. The molecule has 0 saturated carbocycles. The van der Waals surface area contributed by atoms with Crippen LogP contribution in [-0.4, -0.2) is 19.2 Å². The zero-order valence-corrected chi connectivity index (χ0v) is 11.2. The Morgan fingerprint density at radius 3 is 2.65 bits per heavy atom. The number of nitrogens with zero attached hydrogens (tertiary/aromatic N) is 1. The third-order valence-electron chi connectivity index (χ3n) is 3.09. The zero-order valence-electron chi connectivity index (χ0n) is 11.2. The van der Waals surface area contributed by atoms with Crippen molar-refractivity contribution >= 4 is 16.8 Å². The van der Waals surface area contributed by atoms with Crippen molar-refractivity contribution in [2.75, 3.05) is 20.0 Å². The van der Waals surface area contributed by atoms with Crippen LogP contribution in [0.25, 0.3) is 22.6 Å². The van der Waals surface area contributed by atoms with Gasteiger partial charge in [-0.05, 0) is 24.3 Å². The van der Waals surface area contributed by atoms with Gasteiger partial charge in [-0.2, -0.15) is 0 Å². The molecule has 5 nitrogen and oxygen atoms in total. The molecule has 0 atom stereocenters. The lowest BCUT2D eigenvalue weighted by molar-refractivity contribution is 0.394. The van der Waals surface area contributed by atoms with Gasteiger partial charge in [-0.1, -0.05) is 6.07 Å². The molecule has 1 aromatic heterocycles. The summed E-state index contributed by atoms with van der Waals surface area (Å²) in [6, 6.07) is 10.9. The van der Waals surface area contributed by atoms with Gasteiger partial charge >= 0.3 is 0 Å². The van der Waals surface area contributed by atoms with Gasteiger partial charge in [0.05, 0.1) is 25.5 Å². The number of hydrogen-bond acceptors (Lipinski definition) is 5. The third kappa shape index (κ3) is 1.93. The minimum Gasteiger partial charge on any atom is -0.497 e. The predicted molar refractivity (Wildman–Crippen MR) is 77.0 cm³/mol. The Hall–Kier alpha value is -2.69. The maximum atomic E-state index is 5.89. The summed E-state index contributed by atoms with van der Waals surface area (Å²) in [5, 5.41) is 0. The molecular formula is C15H14N2O3. The van der Waals surface area contributed by atoms with Crippen LogP contribution in [0.2, 0.25) is 0 Å². The third-order valence-corrected chi connectivity index (χ3v) is 3.09. The summed E-state index contributed by atoms with van der Waals surface area (Å²) >= 11 is 0. The van der Waals surface area contributed by atoms with E-state index >= 15 is 0 Å². The number of nitrogen functional groups attached to an aromatic ring is 1. The standard InChI is InChI=1S/C15H14N2O3/c1-18-9-6-7-10(13(8-9)19-2)15-17-14-11(16)4-3-5-12(14)20-15/h3-8H,16H2,1-2H3. The molecule has 2 aromatic carbocycles. The Labute approximate surface area is 115 Å². The first-order valence-electron chi connectivity index (χ1n) is 6.10. The van der Waals surface area contributed by atoms with E-state index in [2.05, 4.69) is 4.98 Å². The normalized spacial score (nSPS) is 10.7. The summed E-state index contributed by atoms with van der Waals surface area (Å²) < 4.78 is 16.3. The van der Waals surface area contributed by atoms with Crippen molar-refractivity contribution in [1.82, 2.24) is 4.98 Å². The number of fused-ring (bicyclic) bond motifs is 1. The van der Waals surface area contributed by atoms with Crippen LogP contribution in [0.15, 0.2) is 40.8 Å². The lowest BCUT2D eigenvalue weighted by atomic mass is 10.2. The molecule has 0 saturated heterocycles. The van der Waals surface area contributed by atoms with Crippen molar-refractivity contribution in [3.8, 4) is 23.0 Å². The molecule has 3 rings (SSSR count). The molecule has 3 aromatic rings. The summed E-state index contributed by atoms with van der Waals surface area (Å²) in [5.74, 6) is 1.81. The monoisotopic (exact) mass is 270 g/mol. The molecule has 0 unspecified atom stereocenters. The van der Waals surface area contributed by atoms with Crippen LogP contribution in [-0.2, 0) is 0 Å². The first-order chi connectivity index (χ1) is 9.72. The number of aromatic nitrogens is 1. The number of ether oxygens (including phenoxy) is 2. The number of benzene rings is 2. The van der Waals surface area contributed by atoms with Gasteiger partial charge in [0.25, 0.3) is 0 Å². The maximum absolute atomic E-state index is 5.89. The number of oxazole rings is 1. The molecule has 0 aliphatic rings. The summed E-state index contributed by atoms with van der Waals surface area (Å²) in [5.41, 5.74) is 8.54. The minimum absolute atomic E-state index is 0.470. The molecule has 20 heavy (non-hydrogen) atoms. The highest BCUT2D eigenvalue weighted by atomic mass is 16.5. The SMILES string of the molecule is COc1ccc(-c2nc3c(N)cccc3o2)c(OC)c1. The van der Waals surface area contributed by atoms with Crippen LogP contribution in [0.4, 0.5) is 5.69 Å². The van der Waals surface area contributed by atoms with Crippen molar-refractivity contribution in [3.05, 3.63) is 36.4 Å². The van der Waals surface area contributed by atoms with Gasteiger partial charge in [-0.3, -0.25) is 0 Å². The lowest BCUT2D eigenvalue weighted by Crippen LogP contribution is -1.90. The largest absolute Gasteiger partial charge is 0.497 e. The van der Waals surface area contributed by atoms with Crippen molar-refractivity contribution in [2.24, 2.45) is 0 Å². The summed E-state index contributed by atoms with van der Waals surface area (Å²) in [7, 11) is 3.20. The fraction of sp³-hybridized carbons (Fsp3) is 0.133. The van der Waals surface area contributed by atoms with Gasteiger partial charge < -0.3 is 19.6 Å². The van der Waals surface area contributed by atoms with E-state index in [4.69, 9.17) is 19.6 Å². The topological polar surface area (TPSA) is 70.5 Å². The average molecular weight is 270 g/mol. The van der Waals surface area contributed by atoms with Gasteiger partial charge in [0.1, 0.15) is 17.0 Å². The quantitative estimate of drug-likeness (QED) is 0.740. The Morgan fingerprint density at radius 1 is 1.10 bits per heavy atom. The average Bonchev–Trinajstić information content (AvgIpc) is 2.92. The second-order valence-electron chi connectivity index (χ2n) is 4.28. The smallest absolute Gasteiger partial charge is 0.231 e. The van der Waals surface area contributed by atoms with E-state index in [1.165, 1.54) is 0 Å². The Balaban J connectivity index is 2.17. The van der Waals surface area contributed by atoms with Crippen molar-refractivity contribution in [1.29, 1.82) is 0 Å². The van der Waals surface area contributed by atoms with Gasteiger partial charge in [0.2, 0.25) is 5.89 Å². The molecule has 5 heteroatoms. The molecule has 0 radical (unpaired) electrons. The van der Waals surface area contributed by atoms with E-state index in [1.807, 2.05) is 24.3 Å². The first-order valence-corrected chi connectivity index (χ1v) is 6.10. The van der Waals surface area contributed by atoms with Crippen LogP contribution in [0.5, 0.6) is 11.5 Å². The Kier molecular flexibility index (Phi) is 2.95. The minimum atomic E-state index is 0.470. The zero-order chi connectivity index (χ0) is 14.1. The van der Waals surface area contributed by atoms with Crippen LogP contribution in [0.1, 0.15) is 0 Å². The second kappa shape index (κ2) is 4.77. The summed E-state index contributed by atoms with van der Waals surface area (Å²) in [4.78, 5) is 4.43. The highest BCUT2D eigenvalue weighted by Gasteiger charge is 2.15. The predicted octanol–water partition coefficient (Wildman–Crippen LogP) is 3.09. The molecule has 0 spiro atoms.